The number of aliphatic hydroxyl groups excluding tert-OH is 1. The van der Waals surface area contributed by atoms with E-state index in [1.807, 2.05) is 19.1 Å². The van der Waals surface area contributed by atoms with Gasteiger partial charge in [0.15, 0.2) is 11.6 Å². The zero-order valence-electron chi connectivity index (χ0n) is 15.1. The fourth-order valence-corrected chi connectivity index (χ4v) is 3.45. The molecule has 2 atom stereocenters. The number of para-hydroxylation sites is 1. The lowest BCUT2D eigenvalue weighted by atomic mass is 10.0. The van der Waals surface area contributed by atoms with Crippen molar-refractivity contribution in [3.8, 4) is 11.5 Å². The van der Waals surface area contributed by atoms with Gasteiger partial charge in [0.05, 0.1) is 6.61 Å². The van der Waals surface area contributed by atoms with Gasteiger partial charge in [0, 0.05) is 12.6 Å². The van der Waals surface area contributed by atoms with E-state index in [9.17, 15) is 9.50 Å². The van der Waals surface area contributed by atoms with Crippen LogP contribution in [0.4, 0.5) is 4.39 Å². The van der Waals surface area contributed by atoms with Crippen LogP contribution in [0, 0.1) is 5.82 Å². The van der Waals surface area contributed by atoms with Crippen molar-refractivity contribution in [1.82, 2.24) is 4.90 Å². The minimum Gasteiger partial charge on any atom is -0.494 e. The van der Waals surface area contributed by atoms with E-state index in [2.05, 4.69) is 17.0 Å². The molecule has 5 heteroatoms. The van der Waals surface area contributed by atoms with Crippen molar-refractivity contribution in [3.63, 3.8) is 0 Å². The van der Waals surface area contributed by atoms with Crippen LogP contribution in [-0.2, 0) is 0 Å². The first-order valence-corrected chi connectivity index (χ1v) is 9.19. The van der Waals surface area contributed by atoms with E-state index < -0.39 is 11.9 Å². The lowest BCUT2D eigenvalue weighted by Crippen LogP contribution is -2.35. The molecule has 4 nitrogen and oxygen atoms in total. The molecule has 1 fully saturated rings. The molecular formula is C21H26FNO3. The molecule has 1 aliphatic rings. The molecule has 140 valence electrons. The molecule has 0 radical (unpaired) electrons. The van der Waals surface area contributed by atoms with Gasteiger partial charge in [-0.3, -0.25) is 4.90 Å². The van der Waals surface area contributed by atoms with E-state index in [4.69, 9.17) is 9.47 Å². The number of rotatable bonds is 8. The Morgan fingerprint density at radius 1 is 1.15 bits per heavy atom. The smallest absolute Gasteiger partial charge is 0.165 e. The maximum Gasteiger partial charge on any atom is 0.165 e. The third-order valence-electron chi connectivity index (χ3n) is 4.65. The van der Waals surface area contributed by atoms with E-state index in [1.54, 1.807) is 18.2 Å². The highest BCUT2D eigenvalue weighted by Crippen LogP contribution is 2.32. The zero-order valence-corrected chi connectivity index (χ0v) is 15.1. The van der Waals surface area contributed by atoms with Gasteiger partial charge in [-0.2, -0.15) is 0 Å². The Morgan fingerprint density at radius 2 is 1.92 bits per heavy atom. The van der Waals surface area contributed by atoms with Crippen molar-refractivity contribution >= 4 is 0 Å². The van der Waals surface area contributed by atoms with Crippen LogP contribution in [0.15, 0.2) is 48.5 Å². The van der Waals surface area contributed by atoms with E-state index in [-0.39, 0.29) is 18.4 Å². The number of likely N-dealkylation sites (tertiary alicyclic amines) is 1. The van der Waals surface area contributed by atoms with Crippen molar-refractivity contribution in [3.05, 3.63) is 59.9 Å². The van der Waals surface area contributed by atoms with Crippen LogP contribution in [0.1, 0.15) is 31.4 Å². The molecule has 0 spiro atoms. The summed E-state index contributed by atoms with van der Waals surface area (Å²) in [4.78, 5) is 2.27. The lowest BCUT2D eigenvalue weighted by molar-refractivity contribution is 0.0625. The van der Waals surface area contributed by atoms with Crippen molar-refractivity contribution in [2.75, 3.05) is 26.3 Å². The number of benzene rings is 2. The van der Waals surface area contributed by atoms with Gasteiger partial charge in [-0.05, 0) is 56.1 Å². The normalized spacial score (nSPS) is 18.7. The molecule has 1 aliphatic heterocycles. The summed E-state index contributed by atoms with van der Waals surface area (Å²) in [5.41, 5.74) is 1.23. The van der Waals surface area contributed by atoms with Crippen LogP contribution in [0.25, 0.3) is 0 Å². The second kappa shape index (κ2) is 9.01. The van der Waals surface area contributed by atoms with Gasteiger partial charge in [0.1, 0.15) is 18.5 Å². The Labute approximate surface area is 154 Å². The Hall–Kier alpha value is -2.11. The molecule has 0 amide bonds. The molecule has 0 saturated carbocycles. The Bertz CT molecular complexity index is 692. The van der Waals surface area contributed by atoms with Gasteiger partial charge in [-0.15, -0.1) is 0 Å². The number of hydrogen-bond donors (Lipinski definition) is 1. The molecular weight excluding hydrogens is 333 g/mol. The van der Waals surface area contributed by atoms with Crippen LogP contribution < -0.4 is 9.47 Å². The van der Waals surface area contributed by atoms with Crippen LogP contribution in [0.3, 0.4) is 0 Å². The zero-order chi connectivity index (χ0) is 18.4. The average Bonchev–Trinajstić information content (AvgIpc) is 3.10. The summed E-state index contributed by atoms with van der Waals surface area (Å²) in [5, 5.41) is 10.3. The fraction of sp³-hybridized carbons (Fsp3) is 0.429. The minimum atomic E-state index is -0.669. The lowest BCUT2D eigenvalue weighted by Gasteiger charge is -2.27. The average molecular weight is 359 g/mol. The molecule has 2 unspecified atom stereocenters. The van der Waals surface area contributed by atoms with Crippen molar-refractivity contribution in [2.45, 2.75) is 31.9 Å². The highest BCUT2D eigenvalue weighted by molar-refractivity contribution is 5.29. The molecule has 1 saturated heterocycles. The number of aliphatic hydroxyl groups is 1. The second-order valence-electron chi connectivity index (χ2n) is 6.55. The van der Waals surface area contributed by atoms with Crippen LogP contribution in [0.5, 0.6) is 11.5 Å². The van der Waals surface area contributed by atoms with E-state index in [0.29, 0.717) is 13.2 Å². The van der Waals surface area contributed by atoms with Gasteiger partial charge in [-0.25, -0.2) is 4.39 Å². The molecule has 1 heterocycles. The predicted molar refractivity (Wildman–Crippen MR) is 99.1 cm³/mol. The van der Waals surface area contributed by atoms with Gasteiger partial charge >= 0.3 is 0 Å². The molecule has 0 bridgehead atoms. The summed E-state index contributed by atoms with van der Waals surface area (Å²) in [5.74, 6) is 0.642. The van der Waals surface area contributed by atoms with Crippen LogP contribution in [0.2, 0.25) is 0 Å². The quantitative estimate of drug-likeness (QED) is 0.778. The first-order valence-electron chi connectivity index (χ1n) is 9.19. The van der Waals surface area contributed by atoms with Crippen molar-refractivity contribution < 1.29 is 19.0 Å². The van der Waals surface area contributed by atoms with Crippen LogP contribution >= 0.6 is 0 Å². The Balaban J connectivity index is 1.55. The first kappa shape index (κ1) is 18.7. The third kappa shape index (κ3) is 4.74. The molecule has 26 heavy (non-hydrogen) atoms. The van der Waals surface area contributed by atoms with Gasteiger partial charge < -0.3 is 14.6 Å². The third-order valence-corrected chi connectivity index (χ3v) is 4.65. The van der Waals surface area contributed by atoms with E-state index in [1.165, 1.54) is 11.6 Å². The number of β-amino-alcohol motifs (C(OH)–C–C–N with tert-alkyl or cyclic N) is 1. The maximum atomic E-state index is 13.6. The summed E-state index contributed by atoms with van der Waals surface area (Å²) in [7, 11) is 0. The first-order chi connectivity index (χ1) is 12.7. The molecule has 2 aromatic rings. The van der Waals surface area contributed by atoms with Crippen molar-refractivity contribution in [1.29, 1.82) is 0 Å². The topological polar surface area (TPSA) is 41.9 Å². The Morgan fingerprint density at radius 3 is 2.65 bits per heavy atom. The summed E-state index contributed by atoms with van der Waals surface area (Å²) >= 11 is 0. The monoisotopic (exact) mass is 359 g/mol. The number of ether oxygens (including phenoxy) is 2. The summed E-state index contributed by atoms with van der Waals surface area (Å²) in [6, 6.07) is 14.7. The van der Waals surface area contributed by atoms with Gasteiger partial charge in [0.25, 0.3) is 0 Å². The van der Waals surface area contributed by atoms with Gasteiger partial charge in [-0.1, -0.05) is 24.3 Å². The highest BCUT2D eigenvalue weighted by Gasteiger charge is 2.27. The van der Waals surface area contributed by atoms with E-state index in [0.717, 1.165) is 25.1 Å². The minimum absolute atomic E-state index is 0.0768. The molecule has 0 aromatic heterocycles. The number of halogens is 1. The maximum absolute atomic E-state index is 13.6. The van der Waals surface area contributed by atoms with E-state index >= 15 is 0 Å². The molecule has 0 aliphatic carbocycles. The highest BCUT2D eigenvalue weighted by atomic mass is 19.1. The summed E-state index contributed by atoms with van der Waals surface area (Å²) in [6.07, 6.45) is 1.49. The second-order valence-corrected chi connectivity index (χ2v) is 6.55. The number of nitrogens with zero attached hydrogens (tertiary/aromatic N) is 1. The largest absolute Gasteiger partial charge is 0.494 e. The van der Waals surface area contributed by atoms with Crippen LogP contribution in [-0.4, -0.2) is 42.4 Å². The van der Waals surface area contributed by atoms with Crippen molar-refractivity contribution in [2.24, 2.45) is 0 Å². The fourth-order valence-electron chi connectivity index (χ4n) is 3.45. The Kier molecular flexibility index (Phi) is 6.47. The predicted octanol–water partition coefficient (Wildman–Crippen LogP) is 3.80. The molecule has 1 N–H and O–H groups in total. The SMILES string of the molecule is CCOc1ccc(C2CCCN2CC(O)COc2ccccc2F)cc1. The number of hydrogen-bond acceptors (Lipinski definition) is 4. The summed E-state index contributed by atoms with van der Waals surface area (Å²) in [6.45, 7) is 4.15. The summed E-state index contributed by atoms with van der Waals surface area (Å²) < 4.78 is 24.5. The van der Waals surface area contributed by atoms with Gasteiger partial charge in [0.2, 0.25) is 0 Å². The molecule has 2 aromatic carbocycles. The molecule has 3 rings (SSSR count). The standard InChI is InChI=1S/C21H26FNO3/c1-2-25-18-11-9-16(10-12-18)20-7-5-13-23(20)14-17(24)15-26-21-8-4-3-6-19(21)22/h3-4,6,8-12,17,20,24H,2,5,7,13-15H2,1H3.